The van der Waals surface area contributed by atoms with Gasteiger partial charge in [-0.15, -0.1) is 0 Å². The van der Waals surface area contributed by atoms with Crippen molar-refractivity contribution in [2.75, 3.05) is 0 Å². The van der Waals surface area contributed by atoms with Crippen molar-refractivity contribution >= 4 is 11.6 Å². The van der Waals surface area contributed by atoms with Crippen LogP contribution in [0.5, 0.6) is 0 Å². The molecule has 0 saturated heterocycles. The molecule has 0 aromatic heterocycles. The molecular formula is C17H18N2O. The smallest absolute Gasteiger partial charge is 0.243 e. The van der Waals surface area contributed by atoms with Gasteiger partial charge in [-0.3, -0.25) is 4.79 Å². The third-order valence-corrected chi connectivity index (χ3v) is 4.83. The molecule has 3 nitrogen and oxygen atoms in total. The average Bonchev–Trinajstić information content (AvgIpc) is 3.18. The number of carbonyl (C=O) groups is 1. The molecule has 0 heterocycles. The SMILES string of the molecule is O=C(N/N=C1\C[C@@H]2C=CC[C@H]12)[C@@H]1C[C@H]1c1ccccc1. The number of rotatable bonds is 3. The zero-order valence-corrected chi connectivity index (χ0v) is 11.3. The molecule has 3 aliphatic rings. The van der Waals surface area contributed by atoms with Crippen LogP contribution in [0.4, 0.5) is 0 Å². The van der Waals surface area contributed by atoms with Gasteiger partial charge in [0, 0.05) is 17.5 Å². The molecule has 4 rings (SSSR count). The number of nitrogens with one attached hydrogen (secondary N) is 1. The minimum atomic E-state index is 0.0840. The first kappa shape index (κ1) is 11.9. The lowest BCUT2D eigenvalue weighted by molar-refractivity contribution is -0.122. The molecule has 0 radical (unpaired) electrons. The summed E-state index contributed by atoms with van der Waals surface area (Å²) in [7, 11) is 0. The summed E-state index contributed by atoms with van der Waals surface area (Å²) >= 11 is 0. The van der Waals surface area contributed by atoms with Crippen molar-refractivity contribution in [2.45, 2.75) is 25.2 Å². The van der Waals surface area contributed by atoms with E-state index in [1.54, 1.807) is 0 Å². The summed E-state index contributed by atoms with van der Waals surface area (Å²) in [5.74, 6) is 1.84. The van der Waals surface area contributed by atoms with E-state index >= 15 is 0 Å². The Morgan fingerprint density at radius 1 is 1.20 bits per heavy atom. The molecule has 0 bridgehead atoms. The number of allylic oxidation sites excluding steroid dienone is 2. The zero-order valence-electron chi connectivity index (χ0n) is 11.3. The summed E-state index contributed by atoms with van der Waals surface area (Å²) in [6.45, 7) is 0. The summed E-state index contributed by atoms with van der Waals surface area (Å²) in [5, 5.41) is 4.34. The van der Waals surface area contributed by atoms with Crippen molar-refractivity contribution in [1.82, 2.24) is 5.43 Å². The summed E-state index contributed by atoms with van der Waals surface area (Å²) < 4.78 is 0. The molecule has 0 unspecified atom stereocenters. The van der Waals surface area contributed by atoms with Crippen LogP contribution < -0.4 is 5.43 Å². The van der Waals surface area contributed by atoms with E-state index in [0.717, 1.165) is 19.3 Å². The van der Waals surface area contributed by atoms with Crippen molar-refractivity contribution < 1.29 is 4.79 Å². The highest BCUT2D eigenvalue weighted by Gasteiger charge is 2.44. The second-order valence-electron chi connectivity index (χ2n) is 6.08. The predicted octanol–water partition coefficient (Wildman–Crippen LogP) is 2.86. The molecule has 102 valence electrons. The third-order valence-electron chi connectivity index (χ3n) is 4.83. The summed E-state index contributed by atoms with van der Waals surface area (Å²) in [6, 6.07) is 10.3. The zero-order chi connectivity index (χ0) is 13.5. The molecule has 2 saturated carbocycles. The van der Waals surface area contributed by atoms with Crippen molar-refractivity contribution in [1.29, 1.82) is 0 Å². The molecule has 1 N–H and O–H groups in total. The van der Waals surface area contributed by atoms with Gasteiger partial charge in [0.05, 0.1) is 0 Å². The van der Waals surface area contributed by atoms with Gasteiger partial charge in [-0.1, -0.05) is 42.5 Å². The number of hydrogen-bond acceptors (Lipinski definition) is 2. The van der Waals surface area contributed by atoms with Crippen LogP contribution in [0, 0.1) is 17.8 Å². The lowest BCUT2D eigenvalue weighted by Gasteiger charge is -2.31. The molecule has 2 fully saturated rings. The standard InChI is InChI=1S/C17H18N2O/c20-17(15-10-14(15)11-5-2-1-3-6-11)19-18-16-9-12-7-4-8-13(12)16/h1-7,12-15H,8-10H2,(H,19,20)/b18-16+/t12-,13-,14-,15+/m0/s1. The van der Waals surface area contributed by atoms with Crippen LogP contribution in [0.15, 0.2) is 47.6 Å². The predicted molar refractivity (Wildman–Crippen MR) is 78.2 cm³/mol. The Balaban J connectivity index is 1.33. The van der Waals surface area contributed by atoms with Crippen molar-refractivity contribution in [2.24, 2.45) is 22.9 Å². The molecule has 1 aromatic carbocycles. The van der Waals surface area contributed by atoms with Crippen molar-refractivity contribution in [3.8, 4) is 0 Å². The van der Waals surface area contributed by atoms with Gasteiger partial charge in [-0.05, 0) is 36.7 Å². The number of amides is 1. The van der Waals surface area contributed by atoms with Crippen LogP contribution in [0.1, 0.15) is 30.7 Å². The van der Waals surface area contributed by atoms with E-state index in [0.29, 0.717) is 17.8 Å². The molecule has 3 aliphatic carbocycles. The Hall–Kier alpha value is -1.90. The number of hydrogen-bond donors (Lipinski definition) is 1. The molecule has 0 spiro atoms. The monoisotopic (exact) mass is 266 g/mol. The quantitative estimate of drug-likeness (QED) is 0.663. The van der Waals surface area contributed by atoms with E-state index < -0.39 is 0 Å². The van der Waals surface area contributed by atoms with E-state index in [-0.39, 0.29) is 11.8 Å². The Kier molecular flexibility index (Phi) is 2.72. The summed E-state index contributed by atoms with van der Waals surface area (Å²) in [5.41, 5.74) is 5.22. The van der Waals surface area contributed by atoms with E-state index in [1.165, 1.54) is 11.3 Å². The van der Waals surface area contributed by atoms with Crippen molar-refractivity contribution in [3.05, 3.63) is 48.0 Å². The lowest BCUT2D eigenvalue weighted by Crippen LogP contribution is -2.35. The fourth-order valence-electron chi connectivity index (χ4n) is 3.43. The summed E-state index contributed by atoms with van der Waals surface area (Å²) in [6.07, 6.45) is 7.57. The third kappa shape index (κ3) is 1.98. The second kappa shape index (κ2) is 4.58. The maximum atomic E-state index is 12.1. The topological polar surface area (TPSA) is 41.5 Å². The number of benzene rings is 1. The lowest BCUT2D eigenvalue weighted by atomic mass is 9.74. The van der Waals surface area contributed by atoms with Crippen LogP contribution in [-0.2, 0) is 4.79 Å². The van der Waals surface area contributed by atoms with Crippen LogP contribution in [0.2, 0.25) is 0 Å². The van der Waals surface area contributed by atoms with E-state index in [1.807, 2.05) is 18.2 Å². The fraction of sp³-hybridized carbons (Fsp3) is 0.412. The number of fused-ring (bicyclic) bond motifs is 1. The van der Waals surface area contributed by atoms with Gasteiger partial charge in [0.15, 0.2) is 0 Å². The highest BCUT2D eigenvalue weighted by molar-refractivity contribution is 5.95. The molecule has 4 atom stereocenters. The van der Waals surface area contributed by atoms with Gasteiger partial charge in [0.1, 0.15) is 0 Å². The largest absolute Gasteiger partial charge is 0.273 e. The normalized spacial score (nSPS) is 35.5. The fourth-order valence-corrected chi connectivity index (χ4v) is 3.43. The Morgan fingerprint density at radius 3 is 2.85 bits per heavy atom. The van der Waals surface area contributed by atoms with Gasteiger partial charge in [-0.25, -0.2) is 5.43 Å². The molecular weight excluding hydrogens is 248 g/mol. The number of hydrazone groups is 1. The highest BCUT2D eigenvalue weighted by Crippen LogP contribution is 2.47. The molecule has 3 heteroatoms. The Bertz CT molecular complexity index is 590. The maximum absolute atomic E-state index is 12.1. The molecule has 1 aromatic rings. The van der Waals surface area contributed by atoms with Gasteiger partial charge >= 0.3 is 0 Å². The van der Waals surface area contributed by atoms with Gasteiger partial charge in [0.25, 0.3) is 0 Å². The number of nitrogens with zero attached hydrogens (tertiary/aromatic N) is 1. The minimum absolute atomic E-state index is 0.0840. The molecule has 1 amide bonds. The second-order valence-corrected chi connectivity index (χ2v) is 6.08. The van der Waals surface area contributed by atoms with Crippen LogP contribution in [0.3, 0.4) is 0 Å². The first-order valence-electron chi connectivity index (χ1n) is 7.41. The Labute approximate surface area is 118 Å². The molecule has 0 aliphatic heterocycles. The van der Waals surface area contributed by atoms with Crippen LogP contribution >= 0.6 is 0 Å². The average molecular weight is 266 g/mol. The minimum Gasteiger partial charge on any atom is -0.273 e. The first-order valence-corrected chi connectivity index (χ1v) is 7.41. The van der Waals surface area contributed by atoms with Gasteiger partial charge in [0.2, 0.25) is 5.91 Å². The Morgan fingerprint density at radius 2 is 2.05 bits per heavy atom. The van der Waals surface area contributed by atoms with E-state index in [2.05, 4.69) is 34.8 Å². The number of carbonyl (C=O) groups excluding carboxylic acids is 1. The summed E-state index contributed by atoms with van der Waals surface area (Å²) in [4.78, 5) is 12.1. The van der Waals surface area contributed by atoms with Gasteiger partial charge in [-0.2, -0.15) is 5.10 Å². The van der Waals surface area contributed by atoms with Crippen LogP contribution in [-0.4, -0.2) is 11.6 Å². The highest BCUT2D eigenvalue weighted by atomic mass is 16.2. The van der Waals surface area contributed by atoms with E-state index in [4.69, 9.17) is 0 Å². The van der Waals surface area contributed by atoms with Crippen LogP contribution in [0.25, 0.3) is 0 Å². The maximum Gasteiger partial charge on any atom is 0.243 e. The van der Waals surface area contributed by atoms with Crippen molar-refractivity contribution in [3.63, 3.8) is 0 Å². The van der Waals surface area contributed by atoms with Gasteiger partial charge < -0.3 is 0 Å². The molecule has 20 heavy (non-hydrogen) atoms. The first-order chi connectivity index (χ1) is 9.83. The van der Waals surface area contributed by atoms with E-state index in [9.17, 15) is 4.79 Å².